The van der Waals surface area contributed by atoms with E-state index in [4.69, 9.17) is 11.5 Å². The third-order valence-corrected chi connectivity index (χ3v) is 1.61. The molecule has 0 saturated carbocycles. The summed E-state index contributed by atoms with van der Waals surface area (Å²) in [6, 6.07) is 5.39. The van der Waals surface area contributed by atoms with Crippen molar-refractivity contribution in [1.82, 2.24) is 0 Å². The Bertz CT molecular complexity index is 222. The van der Waals surface area contributed by atoms with Crippen molar-refractivity contribution in [1.29, 1.82) is 0 Å². The van der Waals surface area contributed by atoms with Crippen LogP contribution in [0.4, 0.5) is 11.4 Å². The van der Waals surface area contributed by atoms with Crippen molar-refractivity contribution in [2.45, 2.75) is 0 Å². The van der Waals surface area contributed by atoms with Gasteiger partial charge in [-0.3, -0.25) is 0 Å². The molecular formula is C6H7AlN2. The molecule has 0 heterocycles. The number of anilines is 2. The lowest BCUT2D eigenvalue weighted by Gasteiger charge is -1.99. The molecule has 1 rings (SSSR count). The van der Waals surface area contributed by atoms with Crippen LogP contribution in [0.5, 0.6) is 0 Å². The van der Waals surface area contributed by atoms with E-state index in [1.807, 2.05) is 6.07 Å². The fourth-order valence-electron chi connectivity index (χ4n) is 0.593. The Morgan fingerprint density at radius 2 is 1.89 bits per heavy atom. The Morgan fingerprint density at radius 3 is 2.33 bits per heavy atom. The van der Waals surface area contributed by atoms with Crippen molar-refractivity contribution in [2.24, 2.45) is 0 Å². The Labute approximate surface area is 62.3 Å². The van der Waals surface area contributed by atoms with Crippen LogP contribution in [-0.2, 0) is 0 Å². The predicted molar refractivity (Wildman–Crippen MR) is 40.7 cm³/mol. The smallest absolute Gasteiger partial charge is 0.179 e. The van der Waals surface area contributed by atoms with Crippen LogP contribution in [0.1, 0.15) is 0 Å². The third-order valence-electron chi connectivity index (χ3n) is 1.11. The molecule has 3 heteroatoms. The molecule has 0 amide bonds. The summed E-state index contributed by atoms with van der Waals surface area (Å²) in [7, 11) is 0. The van der Waals surface area contributed by atoms with E-state index in [0.29, 0.717) is 0 Å². The maximum atomic E-state index is 5.51. The first-order chi connectivity index (χ1) is 4.20. The van der Waals surface area contributed by atoms with Gasteiger partial charge in [-0.25, -0.2) is 0 Å². The molecule has 2 nitrogen and oxygen atoms in total. The van der Waals surface area contributed by atoms with Crippen LogP contribution in [0.15, 0.2) is 18.2 Å². The van der Waals surface area contributed by atoms with Gasteiger partial charge in [-0.15, -0.1) is 4.43 Å². The average Bonchev–Trinajstić information content (AvgIpc) is 1.80. The molecule has 4 N–H and O–H groups in total. The van der Waals surface area contributed by atoms with Gasteiger partial charge in [0.1, 0.15) is 0 Å². The van der Waals surface area contributed by atoms with E-state index in [2.05, 4.69) is 16.3 Å². The van der Waals surface area contributed by atoms with Crippen LogP contribution in [-0.4, -0.2) is 16.3 Å². The summed E-state index contributed by atoms with van der Waals surface area (Å²) < 4.78 is 0.954. The highest BCUT2D eigenvalue weighted by Crippen LogP contribution is 2.01. The fourth-order valence-corrected chi connectivity index (χ4v) is 0.882. The van der Waals surface area contributed by atoms with Crippen LogP contribution in [0.3, 0.4) is 0 Å². The lowest BCUT2D eigenvalue weighted by Crippen LogP contribution is -2.09. The highest BCUT2D eigenvalue weighted by molar-refractivity contribution is 6.35. The van der Waals surface area contributed by atoms with Crippen molar-refractivity contribution in [3.63, 3.8) is 0 Å². The summed E-state index contributed by atoms with van der Waals surface area (Å²) in [4.78, 5) is 0. The van der Waals surface area contributed by atoms with E-state index in [9.17, 15) is 0 Å². The highest BCUT2D eigenvalue weighted by Gasteiger charge is 1.89. The fraction of sp³-hybridized carbons (Fsp3) is 0. The average molecular weight is 134 g/mol. The van der Waals surface area contributed by atoms with Gasteiger partial charge in [0.2, 0.25) is 0 Å². The van der Waals surface area contributed by atoms with Gasteiger partial charge in [0.15, 0.2) is 16.3 Å². The summed E-state index contributed by atoms with van der Waals surface area (Å²) >= 11 is 2.52. The Kier molecular flexibility index (Phi) is 1.66. The van der Waals surface area contributed by atoms with Gasteiger partial charge in [-0.05, 0) is 12.1 Å². The second-order valence-corrected chi connectivity index (χ2v) is 2.51. The van der Waals surface area contributed by atoms with Crippen molar-refractivity contribution < 1.29 is 0 Å². The van der Waals surface area contributed by atoms with Crippen LogP contribution < -0.4 is 15.9 Å². The van der Waals surface area contributed by atoms with E-state index >= 15 is 0 Å². The number of hydrogen-bond acceptors (Lipinski definition) is 2. The summed E-state index contributed by atoms with van der Waals surface area (Å²) in [5.74, 6) is 0. The summed E-state index contributed by atoms with van der Waals surface area (Å²) in [6.07, 6.45) is 0. The number of benzene rings is 1. The van der Waals surface area contributed by atoms with Crippen LogP contribution in [0.25, 0.3) is 0 Å². The molecule has 0 aliphatic heterocycles. The molecule has 0 aliphatic carbocycles. The summed E-state index contributed by atoms with van der Waals surface area (Å²) in [6.45, 7) is 0. The van der Waals surface area contributed by atoms with Gasteiger partial charge < -0.3 is 11.5 Å². The maximum absolute atomic E-state index is 5.51. The van der Waals surface area contributed by atoms with E-state index < -0.39 is 0 Å². The number of nitrogens with two attached hydrogens (primary N) is 2. The molecule has 0 bridgehead atoms. The normalized spacial score (nSPS) is 9.33. The summed E-state index contributed by atoms with van der Waals surface area (Å²) in [5, 5.41) is 0. The quantitative estimate of drug-likeness (QED) is 0.376. The van der Waals surface area contributed by atoms with Gasteiger partial charge in [0, 0.05) is 11.4 Å². The lowest BCUT2D eigenvalue weighted by atomic mass is 10.3. The zero-order valence-corrected chi connectivity index (χ0v) is 6.12. The van der Waals surface area contributed by atoms with Crippen molar-refractivity contribution in [3.05, 3.63) is 18.2 Å². The first kappa shape index (κ1) is 6.47. The Hall–Kier alpha value is -0.648. The predicted octanol–water partition coefficient (Wildman–Crippen LogP) is -0.355. The van der Waals surface area contributed by atoms with Gasteiger partial charge in [0.25, 0.3) is 0 Å². The van der Waals surface area contributed by atoms with Crippen LogP contribution >= 0.6 is 0 Å². The molecular weight excluding hydrogens is 127 g/mol. The molecule has 1 aromatic rings. The van der Waals surface area contributed by atoms with Gasteiger partial charge in [-0.1, -0.05) is 6.07 Å². The third kappa shape index (κ3) is 1.38. The van der Waals surface area contributed by atoms with Crippen LogP contribution in [0.2, 0.25) is 0 Å². The zero-order chi connectivity index (χ0) is 6.85. The minimum absolute atomic E-state index is 0.745. The molecule has 0 fully saturated rings. The number of nitrogen functional groups attached to an aromatic ring is 2. The second kappa shape index (κ2) is 2.30. The first-order valence-corrected chi connectivity index (χ1v) is 3.18. The molecule has 1 aromatic carbocycles. The van der Waals surface area contributed by atoms with E-state index in [0.717, 1.165) is 15.8 Å². The minimum Gasteiger partial charge on any atom is -0.400 e. The van der Waals surface area contributed by atoms with Gasteiger partial charge in [0.05, 0.1) is 0 Å². The maximum Gasteiger partial charge on any atom is 0.179 e. The molecule has 0 aromatic heterocycles. The van der Waals surface area contributed by atoms with Crippen molar-refractivity contribution >= 4 is 32.1 Å². The minimum atomic E-state index is 0.745. The second-order valence-electron chi connectivity index (χ2n) is 1.89. The number of rotatable bonds is 0. The van der Waals surface area contributed by atoms with E-state index in [1.165, 1.54) is 0 Å². The molecule has 9 heavy (non-hydrogen) atoms. The SMILES string of the molecule is Nc1ccc(N)[c]([Al])c1. The van der Waals surface area contributed by atoms with Gasteiger partial charge >= 0.3 is 0 Å². The van der Waals surface area contributed by atoms with Crippen molar-refractivity contribution in [3.8, 4) is 0 Å². The molecule has 44 valence electrons. The monoisotopic (exact) mass is 134 g/mol. The first-order valence-electron chi connectivity index (χ1n) is 2.60. The molecule has 0 aliphatic rings. The number of hydrogen-bond donors (Lipinski definition) is 2. The molecule has 0 spiro atoms. The molecule has 2 radical (unpaired) electrons. The highest BCUT2D eigenvalue weighted by atomic mass is 27.0. The standard InChI is InChI=1S/C6H7N2.Al/c7-5-1-2-6(8)4-3-5;/h1-3H,7-8H2;. The lowest BCUT2D eigenvalue weighted by molar-refractivity contribution is 1.71. The van der Waals surface area contributed by atoms with E-state index in [1.54, 1.807) is 12.1 Å². The topological polar surface area (TPSA) is 52.0 Å². The largest absolute Gasteiger partial charge is 0.400 e. The summed E-state index contributed by atoms with van der Waals surface area (Å²) in [5.41, 5.74) is 12.5. The Balaban J connectivity index is 3.17. The zero-order valence-electron chi connectivity index (χ0n) is 4.96. The van der Waals surface area contributed by atoms with Crippen molar-refractivity contribution in [2.75, 3.05) is 11.5 Å². The van der Waals surface area contributed by atoms with E-state index in [-0.39, 0.29) is 0 Å². The molecule has 0 saturated heterocycles. The Morgan fingerprint density at radius 1 is 1.22 bits per heavy atom. The molecule has 0 atom stereocenters. The van der Waals surface area contributed by atoms with Gasteiger partial charge in [-0.2, -0.15) is 0 Å². The van der Waals surface area contributed by atoms with Crippen LogP contribution in [0, 0.1) is 0 Å². The molecule has 0 unspecified atom stereocenters.